The Kier molecular flexibility index (Phi) is 9.87. The zero-order valence-corrected chi connectivity index (χ0v) is 13.0. The Balaban J connectivity index is 2.07. The van der Waals surface area contributed by atoms with Crippen molar-refractivity contribution in [2.24, 2.45) is 0 Å². The van der Waals surface area contributed by atoms with Gasteiger partial charge in [0.15, 0.2) is 0 Å². The quantitative estimate of drug-likeness (QED) is 0.420. The summed E-state index contributed by atoms with van der Waals surface area (Å²) >= 11 is 0. The summed E-state index contributed by atoms with van der Waals surface area (Å²) in [4.78, 5) is 0. The molecule has 21 heavy (non-hydrogen) atoms. The minimum Gasteiger partial charge on any atom is -0.394 e. The van der Waals surface area contributed by atoms with Crippen LogP contribution in [-0.2, 0) is 9.47 Å². The number of rotatable bonds is 10. The van der Waals surface area contributed by atoms with Gasteiger partial charge < -0.3 is 24.8 Å². The minimum absolute atomic E-state index is 0.205. The first kappa shape index (κ1) is 18.6. The van der Waals surface area contributed by atoms with Crippen molar-refractivity contribution in [2.75, 3.05) is 19.8 Å². The highest BCUT2D eigenvalue weighted by Gasteiger charge is 2.38. The average molecular weight is 302 g/mol. The number of hydrogen-bond acceptors (Lipinski definition) is 5. The minimum atomic E-state index is -1.09. The molecule has 0 bridgehead atoms. The molecule has 5 nitrogen and oxygen atoms in total. The maximum absolute atomic E-state index is 9.88. The van der Waals surface area contributed by atoms with Crippen LogP contribution in [-0.4, -0.2) is 59.6 Å². The van der Waals surface area contributed by atoms with Gasteiger partial charge in [-0.25, -0.2) is 0 Å². The SMILES string of the molecule is CCCCC/C=C/CCCO[C@@H]1CO[C@@H](CO)[C@H](O)[C@H]1O. The summed E-state index contributed by atoms with van der Waals surface area (Å²) in [5, 5.41) is 28.6. The normalized spacial score (nSPS) is 30.1. The molecule has 4 atom stereocenters. The van der Waals surface area contributed by atoms with Crippen molar-refractivity contribution in [1.29, 1.82) is 0 Å². The molecule has 0 spiro atoms. The van der Waals surface area contributed by atoms with Gasteiger partial charge in [0.05, 0.1) is 13.2 Å². The molecule has 0 amide bonds. The fraction of sp³-hybridized carbons (Fsp3) is 0.875. The number of unbranched alkanes of at least 4 members (excludes halogenated alkanes) is 4. The number of aliphatic hydroxyl groups excluding tert-OH is 3. The van der Waals surface area contributed by atoms with Gasteiger partial charge in [0, 0.05) is 6.61 Å². The van der Waals surface area contributed by atoms with Gasteiger partial charge >= 0.3 is 0 Å². The Morgan fingerprint density at radius 3 is 2.48 bits per heavy atom. The van der Waals surface area contributed by atoms with E-state index in [9.17, 15) is 10.2 Å². The van der Waals surface area contributed by atoms with E-state index in [0.29, 0.717) is 6.61 Å². The topological polar surface area (TPSA) is 79.2 Å². The van der Waals surface area contributed by atoms with E-state index in [2.05, 4.69) is 19.1 Å². The molecule has 1 fully saturated rings. The van der Waals surface area contributed by atoms with Gasteiger partial charge in [0.2, 0.25) is 0 Å². The first-order valence-electron chi connectivity index (χ1n) is 8.05. The van der Waals surface area contributed by atoms with Crippen LogP contribution in [0.3, 0.4) is 0 Å². The second kappa shape index (κ2) is 11.2. The van der Waals surface area contributed by atoms with Crippen LogP contribution in [0.5, 0.6) is 0 Å². The summed E-state index contributed by atoms with van der Waals surface area (Å²) in [5.41, 5.74) is 0. The molecule has 5 heteroatoms. The van der Waals surface area contributed by atoms with Gasteiger partial charge in [0.1, 0.15) is 24.4 Å². The summed E-state index contributed by atoms with van der Waals surface area (Å²) in [6.45, 7) is 2.63. The molecule has 1 aliphatic rings. The smallest absolute Gasteiger partial charge is 0.111 e. The second-order valence-corrected chi connectivity index (χ2v) is 5.55. The third kappa shape index (κ3) is 6.89. The third-order valence-electron chi connectivity index (χ3n) is 3.75. The van der Waals surface area contributed by atoms with Crippen LogP contribution in [0.4, 0.5) is 0 Å². The van der Waals surface area contributed by atoms with Crippen molar-refractivity contribution in [2.45, 2.75) is 69.9 Å². The predicted molar refractivity (Wildman–Crippen MR) is 81.1 cm³/mol. The molecule has 0 aromatic carbocycles. The van der Waals surface area contributed by atoms with Gasteiger partial charge in [-0.3, -0.25) is 0 Å². The van der Waals surface area contributed by atoms with Crippen molar-refractivity contribution >= 4 is 0 Å². The van der Waals surface area contributed by atoms with Crippen LogP contribution < -0.4 is 0 Å². The first-order valence-corrected chi connectivity index (χ1v) is 8.05. The lowest BCUT2D eigenvalue weighted by atomic mass is 10.0. The highest BCUT2D eigenvalue weighted by Crippen LogP contribution is 2.18. The molecule has 0 aromatic rings. The van der Waals surface area contributed by atoms with Crippen LogP contribution in [0.25, 0.3) is 0 Å². The Hall–Kier alpha value is -0.460. The molecule has 1 saturated heterocycles. The molecular weight excluding hydrogens is 272 g/mol. The molecule has 1 aliphatic heterocycles. The van der Waals surface area contributed by atoms with Crippen molar-refractivity contribution in [1.82, 2.24) is 0 Å². The Bertz CT molecular complexity index is 282. The van der Waals surface area contributed by atoms with E-state index in [0.717, 1.165) is 19.3 Å². The fourth-order valence-corrected chi connectivity index (χ4v) is 2.35. The van der Waals surface area contributed by atoms with Crippen molar-refractivity contribution in [3.8, 4) is 0 Å². The van der Waals surface area contributed by atoms with Gasteiger partial charge in [-0.05, 0) is 25.7 Å². The lowest BCUT2D eigenvalue weighted by molar-refractivity contribution is -0.208. The molecule has 0 saturated carbocycles. The monoisotopic (exact) mass is 302 g/mol. The molecule has 3 N–H and O–H groups in total. The van der Waals surface area contributed by atoms with Crippen LogP contribution in [0.15, 0.2) is 12.2 Å². The first-order chi connectivity index (χ1) is 10.2. The van der Waals surface area contributed by atoms with E-state index < -0.39 is 24.4 Å². The lowest BCUT2D eigenvalue weighted by Crippen LogP contribution is -2.55. The largest absolute Gasteiger partial charge is 0.394 e. The van der Waals surface area contributed by atoms with Crippen molar-refractivity contribution in [3.05, 3.63) is 12.2 Å². The van der Waals surface area contributed by atoms with E-state index in [-0.39, 0.29) is 13.2 Å². The predicted octanol–water partition coefficient (Wildman–Crippen LogP) is 1.40. The number of allylic oxidation sites excluding steroid dienone is 2. The maximum atomic E-state index is 9.88. The lowest BCUT2D eigenvalue weighted by Gasteiger charge is -2.36. The van der Waals surface area contributed by atoms with Crippen LogP contribution in [0.2, 0.25) is 0 Å². The van der Waals surface area contributed by atoms with Crippen molar-refractivity contribution < 1.29 is 24.8 Å². The molecule has 1 rings (SSSR count). The summed E-state index contributed by atoms with van der Waals surface area (Å²) in [6, 6.07) is 0. The molecule has 0 aromatic heterocycles. The third-order valence-corrected chi connectivity index (χ3v) is 3.75. The Morgan fingerprint density at radius 1 is 1.10 bits per heavy atom. The van der Waals surface area contributed by atoms with E-state index in [1.54, 1.807) is 0 Å². The van der Waals surface area contributed by atoms with Crippen LogP contribution in [0, 0.1) is 0 Å². The fourth-order valence-electron chi connectivity index (χ4n) is 2.35. The summed E-state index contributed by atoms with van der Waals surface area (Å²) in [6.07, 6.45) is 7.81. The highest BCUT2D eigenvalue weighted by atomic mass is 16.6. The number of hydrogen-bond donors (Lipinski definition) is 3. The van der Waals surface area contributed by atoms with Gasteiger partial charge in [-0.2, -0.15) is 0 Å². The van der Waals surface area contributed by atoms with Gasteiger partial charge in [0.25, 0.3) is 0 Å². The Labute approximate surface area is 127 Å². The zero-order chi connectivity index (χ0) is 15.5. The molecule has 0 aliphatic carbocycles. The second-order valence-electron chi connectivity index (χ2n) is 5.55. The van der Waals surface area contributed by atoms with E-state index in [1.807, 2.05) is 0 Å². The number of aliphatic hydroxyl groups is 3. The molecule has 1 heterocycles. The van der Waals surface area contributed by atoms with E-state index >= 15 is 0 Å². The average Bonchev–Trinajstić information content (AvgIpc) is 2.50. The summed E-state index contributed by atoms with van der Waals surface area (Å²) in [5.74, 6) is 0. The van der Waals surface area contributed by atoms with Gasteiger partial charge in [-0.1, -0.05) is 31.9 Å². The zero-order valence-electron chi connectivity index (χ0n) is 13.0. The summed E-state index contributed by atoms with van der Waals surface area (Å²) < 4.78 is 10.8. The van der Waals surface area contributed by atoms with Crippen LogP contribution >= 0.6 is 0 Å². The van der Waals surface area contributed by atoms with E-state index in [1.165, 1.54) is 19.3 Å². The molecule has 124 valence electrons. The maximum Gasteiger partial charge on any atom is 0.111 e. The standard InChI is InChI=1S/C16H30O5/c1-2-3-4-5-6-7-8-9-10-20-14-12-21-13(11-17)15(18)16(14)19/h6-7,13-19H,2-5,8-12H2,1H3/b7-6+/t13-,14+,15-,16-/m0/s1. The highest BCUT2D eigenvalue weighted by molar-refractivity contribution is 4.87. The molecule has 0 radical (unpaired) electrons. The van der Waals surface area contributed by atoms with Crippen molar-refractivity contribution in [3.63, 3.8) is 0 Å². The Morgan fingerprint density at radius 2 is 1.81 bits per heavy atom. The van der Waals surface area contributed by atoms with Gasteiger partial charge in [-0.15, -0.1) is 0 Å². The summed E-state index contributed by atoms with van der Waals surface area (Å²) in [7, 11) is 0. The van der Waals surface area contributed by atoms with Crippen LogP contribution in [0.1, 0.15) is 45.4 Å². The molecular formula is C16H30O5. The van der Waals surface area contributed by atoms with E-state index in [4.69, 9.17) is 14.6 Å². The molecule has 0 unspecified atom stereocenters. The number of ether oxygens (including phenoxy) is 2.